The van der Waals surface area contributed by atoms with Crippen LogP contribution in [0.25, 0.3) is 0 Å². The number of ether oxygens (including phenoxy) is 1. The molecule has 7 heteroatoms. The van der Waals surface area contributed by atoms with E-state index in [9.17, 15) is 8.42 Å². The second-order valence-corrected chi connectivity index (χ2v) is 8.25. The van der Waals surface area contributed by atoms with E-state index in [1.165, 1.54) is 6.20 Å². The number of para-hydroxylation sites is 1. The number of benzene rings is 1. The number of anilines is 1. The van der Waals surface area contributed by atoms with E-state index in [1.54, 1.807) is 16.4 Å². The third-order valence-corrected chi connectivity index (χ3v) is 6.45. The molecule has 0 spiro atoms. The lowest BCUT2D eigenvalue weighted by atomic mass is 10.1. The van der Waals surface area contributed by atoms with Gasteiger partial charge in [0.15, 0.2) is 0 Å². The van der Waals surface area contributed by atoms with Crippen molar-refractivity contribution < 1.29 is 13.2 Å². The maximum Gasteiger partial charge on any atom is 0.266 e. The van der Waals surface area contributed by atoms with Crippen LogP contribution in [0.2, 0.25) is 0 Å². The smallest absolute Gasteiger partial charge is 0.266 e. The highest BCUT2D eigenvalue weighted by molar-refractivity contribution is 7.92. The SMILES string of the molecule is CCOc1ccc(S(=O)(=O)N(c2ccccc2)C2CCN(C)CC2)cn1. The Labute approximate surface area is 155 Å². The molecule has 1 aromatic heterocycles. The largest absolute Gasteiger partial charge is 0.478 e. The maximum atomic E-state index is 13.4. The number of pyridine rings is 1. The molecule has 0 bridgehead atoms. The fourth-order valence-corrected chi connectivity index (χ4v) is 4.87. The number of nitrogens with zero attached hydrogens (tertiary/aromatic N) is 3. The van der Waals surface area contributed by atoms with E-state index >= 15 is 0 Å². The summed E-state index contributed by atoms with van der Waals surface area (Å²) in [6, 6.07) is 12.4. The first-order chi connectivity index (χ1) is 12.5. The summed E-state index contributed by atoms with van der Waals surface area (Å²) < 4.78 is 33.7. The fourth-order valence-electron chi connectivity index (χ4n) is 3.22. The van der Waals surface area contributed by atoms with Crippen LogP contribution in [0.4, 0.5) is 5.69 Å². The van der Waals surface area contributed by atoms with Gasteiger partial charge in [-0.25, -0.2) is 13.4 Å². The van der Waals surface area contributed by atoms with Gasteiger partial charge in [0, 0.05) is 12.1 Å². The van der Waals surface area contributed by atoms with E-state index in [2.05, 4.69) is 16.9 Å². The first-order valence-corrected chi connectivity index (χ1v) is 10.3. The zero-order valence-corrected chi connectivity index (χ0v) is 16.0. The predicted octanol–water partition coefficient (Wildman–Crippen LogP) is 2.77. The van der Waals surface area contributed by atoms with Crippen LogP contribution in [0.1, 0.15) is 19.8 Å². The zero-order valence-electron chi connectivity index (χ0n) is 15.2. The van der Waals surface area contributed by atoms with E-state index in [1.807, 2.05) is 37.3 Å². The van der Waals surface area contributed by atoms with Crippen molar-refractivity contribution in [2.45, 2.75) is 30.7 Å². The standard InChI is InChI=1S/C19H25N3O3S/c1-3-25-19-10-9-18(15-20-19)26(23,24)22(16-7-5-4-6-8-16)17-11-13-21(2)14-12-17/h4-10,15,17H,3,11-14H2,1-2H3. The Kier molecular flexibility index (Phi) is 5.78. The second kappa shape index (κ2) is 8.05. The van der Waals surface area contributed by atoms with Crippen molar-refractivity contribution in [3.8, 4) is 5.88 Å². The van der Waals surface area contributed by atoms with Gasteiger partial charge in [-0.3, -0.25) is 4.31 Å². The maximum absolute atomic E-state index is 13.4. The molecule has 0 atom stereocenters. The van der Waals surface area contributed by atoms with Crippen LogP contribution in [0.15, 0.2) is 53.6 Å². The first kappa shape index (κ1) is 18.7. The van der Waals surface area contributed by atoms with Gasteiger partial charge in [0.05, 0.1) is 18.5 Å². The van der Waals surface area contributed by atoms with E-state index < -0.39 is 10.0 Å². The van der Waals surface area contributed by atoms with Crippen molar-refractivity contribution in [2.24, 2.45) is 0 Å². The van der Waals surface area contributed by atoms with E-state index in [4.69, 9.17) is 4.74 Å². The van der Waals surface area contributed by atoms with Gasteiger partial charge in [-0.05, 0) is 58.1 Å². The molecule has 0 N–H and O–H groups in total. The number of hydrogen-bond donors (Lipinski definition) is 0. The van der Waals surface area contributed by atoms with E-state index in [0.717, 1.165) is 25.9 Å². The van der Waals surface area contributed by atoms with Gasteiger partial charge in [-0.2, -0.15) is 0 Å². The highest BCUT2D eigenvalue weighted by Crippen LogP contribution is 2.30. The Hall–Kier alpha value is -2.12. The van der Waals surface area contributed by atoms with Gasteiger partial charge < -0.3 is 9.64 Å². The van der Waals surface area contributed by atoms with Gasteiger partial charge in [-0.1, -0.05) is 18.2 Å². The lowest BCUT2D eigenvalue weighted by molar-refractivity contribution is 0.257. The summed E-state index contributed by atoms with van der Waals surface area (Å²) in [6.07, 6.45) is 2.98. The Bertz CT molecular complexity index is 802. The molecule has 0 saturated carbocycles. The van der Waals surface area contributed by atoms with Gasteiger partial charge in [0.2, 0.25) is 5.88 Å². The third kappa shape index (κ3) is 3.99. The molecule has 1 saturated heterocycles. The summed E-state index contributed by atoms with van der Waals surface area (Å²) >= 11 is 0. The molecule has 2 heterocycles. The normalized spacial score (nSPS) is 16.4. The fraction of sp³-hybridized carbons (Fsp3) is 0.421. The molecular weight excluding hydrogens is 350 g/mol. The molecule has 3 rings (SSSR count). The predicted molar refractivity (Wildman–Crippen MR) is 102 cm³/mol. The average Bonchev–Trinajstić information content (AvgIpc) is 2.65. The minimum absolute atomic E-state index is 0.0647. The number of likely N-dealkylation sites (tertiary alicyclic amines) is 1. The average molecular weight is 375 g/mol. The molecule has 0 amide bonds. The van der Waals surface area contributed by atoms with Gasteiger partial charge in [0.25, 0.3) is 10.0 Å². The number of hydrogen-bond acceptors (Lipinski definition) is 5. The first-order valence-electron chi connectivity index (χ1n) is 8.89. The minimum Gasteiger partial charge on any atom is -0.478 e. The summed E-state index contributed by atoms with van der Waals surface area (Å²) in [6.45, 7) is 4.12. The Morgan fingerprint density at radius 2 is 1.85 bits per heavy atom. The zero-order chi connectivity index (χ0) is 18.6. The minimum atomic E-state index is -3.71. The quantitative estimate of drug-likeness (QED) is 0.777. The molecule has 26 heavy (non-hydrogen) atoms. The van der Waals surface area contributed by atoms with Crippen molar-refractivity contribution in [2.75, 3.05) is 31.0 Å². The van der Waals surface area contributed by atoms with Crippen LogP contribution in [0.3, 0.4) is 0 Å². The molecule has 140 valence electrons. The summed E-state index contributed by atoms with van der Waals surface area (Å²) in [5.41, 5.74) is 0.691. The lowest BCUT2D eigenvalue weighted by Crippen LogP contribution is -2.46. The van der Waals surface area contributed by atoms with Crippen LogP contribution in [-0.4, -0.2) is 51.1 Å². The second-order valence-electron chi connectivity index (χ2n) is 6.44. The van der Waals surface area contributed by atoms with Gasteiger partial charge in [-0.15, -0.1) is 0 Å². The van der Waals surface area contributed by atoms with Crippen LogP contribution < -0.4 is 9.04 Å². The summed E-state index contributed by atoms with van der Waals surface area (Å²) in [4.78, 5) is 6.54. The van der Waals surface area contributed by atoms with Crippen molar-refractivity contribution in [1.29, 1.82) is 0 Å². The summed E-state index contributed by atoms with van der Waals surface area (Å²) in [5.74, 6) is 0.428. The lowest BCUT2D eigenvalue weighted by Gasteiger charge is -2.37. The highest BCUT2D eigenvalue weighted by atomic mass is 32.2. The number of rotatable bonds is 6. The number of aromatic nitrogens is 1. The molecule has 2 aromatic rings. The third-order valence-electron chi connectivity index (χ3n) is 4.59. The van der Waals surface area contributed by atoms with Crippen molar-refractivity contribution >= 4 is 15.7 Å². The molecule has 0 radical (unpaired) electrons. The highest BCUT2D eigenvalue weighted by Gasteiger charge is 2.33. The Balaban J connectivity index is 1.97. The van der Waals surface area contributed by atoms with Gasteiger partial charge in [0.1, 0.15) is 4.90 Å². The van der Waals surface area contributed by atoms with Crippen molar-refractivity contribution in [1.82, 2.24) is 9.88 Å². The molecule has 1 fully saturated rings. The number of piperidine rings is 1. The number of sulfonamides is 1. The summed E-state index contributed by atoms with van der Waals surface area (Å²) in [7, 11) is -1.64. The Morgan fingerprint density at radius 3 is 2.42 bits per heavy atom. The van der Waals surface area contributed by atoms with Crippen molar-refractivity contribution in [3.63, 3.8) is 0 Å². The molecule has 1 aliphatic heterocycles. The van der Waals surface area contributed by atoms with Crippen LogP contribution in [0.5, 0.6) is 5.88 Å². The van der Waals surface area contributed by atoms with Crippen LogP contribution >= 0.6 is 0 Å². The van der Waals surface area contributed by atoms with Crippen molar-refractivity contribution in [3.05, 3.63) is 48.7 Å². The molecule has 1 aromatic carbocycles. The molecule has 1 aliphatic rings. The topological polar surface area (TPSA) is 62.7 Å². The van der Waals surface area contributed by atoms with E-state index in [-0.39, 0.29) is 10.9 Å². The Morgan fingerprint density at radius 1 is 1.15 bits per heavy atom. The molecule has 0 unspecified atom stereocenters. The molecule has 6 nitrogen and oxygen atoms in total. The van der Waals surface area contributed by atoms with Crippen LogP contribution in [-0.2, 0) is 10.0 Å². The monoisotopic (exact) mass is 375 g/mol. The van der Waals surface area contributed by atoms with Gasteiger partial charge >= 0.3 is 0 Å². The van der Waals surface area contributed by atoms with Crippen LogP contribution in [0, 0.1) is 0 Å². The molecular formula is C19H25N3O3S. The summed E-state index contributed by atoms with van der Waals surface area (Å²) in [5, 5.41) is 0. The molecule has 0 aliphatic carbocycles. The van der Waals surface area contributed by atoms with E-state index in [0.29, 0.717) is 18.2 Å².